The first-order chi connectivity index (χ1) is 12.6. The van der Waals surface area contributed by atoms with E-state index in [-0.39, 0.29) is 17.3 Å². The lowest BCUT2D eigenvalue weighted by atomic mass is 10.1. The van der Waals surface area contributed by atoms with Gasteiger partial charge >= 0.3 is 6.61 Å². The highest BCUT2D eigenvalue weighted by atomic mass is 32.2. The SMILES string of the molecule is O=C(CSc1nnc(Cc2ccccc2)o1)c1ccc(OC(F)F)cc1. The highest BCUT2D eigenvalue weighted by Gasteiger charge is 2.12. The Morgan fingerprint density at radius 3 is 2.50 bits per heavy atom. The van der Waals surface area contributed by atoms with Crippen molar-refractivity contribution in [3.63, 3.8) is 0 Å². The Hall–Kier alpha value is -2.74. The molecule has 8 heteroatoms. The Bertz CT molecular complexity index is 854. The van der Waals surface area contributed by atoms with Crippen LogP contribution >= 0.6 is 11.8 Å². The number of benzene rings is 2. The van der Waals surface area contributed by atoms with Crippen LogP contribution in [-0.4, -0.2) is 28.3 Å². The van der Waals surface area contributed by atoms with Crippen molar-refractivity contribution in [3.05, 3.63) is 71.6 Å². The van der Waals surface area contributed by atoms with Crippen LogP contribution < -0.4 is 4.74 Å². The van der Waals surface area contributed by atoms with Crippen molar-refractivity contribution in [2.24, 2.45) is 0 Å². The van der Waals surface area contributed by atoms with E-state index < -0.39 is 6.61 Å². The second-order valence-electron chi connectivity index (χ2n) is 5.24. The van der Waals surface area contributed by atoms with Crippen LogP contribution in [0.3, 0.4) is 0 Å². The molecule has 0 N–H and O–H groups in total. The van der Waals surface area contributed by atoms with Crippen molar-refractivity contribution < 1.29 is 22.7 Å². The van der Waals surface area contributed by atoms with Crippen molar-refractivity contribution in [1.82, 2.24) is 10.2 Å². The number of carbonyl (C=O) groups excluding carboxylic acids is 1. The van der Waals surface area contributed by atoms with E-state index in [0.29, 0.717) is 23.1 Å². The average molecular weight is 376 g/mol. The van der Waals surface area contributed by atoms with E-state index in [4.69, 9.17) is 4.42 Å². The fourth-order valence-electron chi connectivity index (χ4n) is 2.17. The molecule has 0 saturated heterocycles. The largest absolute Gasteiger partial charge is 0.435 e. The van der Waals surface area contributed by atoms with Crippen LogP contribution in [0.4, 0.5) is 8.78 Å². The lowest BCUT2D eigenvalue weighted by Gasteiger charge is -2.04. The van der Waals surface area contributed by atoms with Gasteiger partial charge in [0.05, 0.1) is 12.2 Å². The predicted octanol–water partition coefficient (Wildman–Crippen LogP) is 4.24. The number of nitrogens with zero attached hydrogens (tertiary/aromatic N) is 2. The van der Waals surface area contributed by atoms with Gasteiger partial charge in [0.1, 0.15) is 5.75 Å². The second-order valence-corrected chi connectivity index (χ2v) is 6.17. The summed E-state index contributed by atoms with van der Waals surface area (Å²) in [5.74, 6) is 0.398. The molecule has 0 radical (unpaired) electrons. The van der Waals surface area contributed by atoms with Crippen molar-refractivity contribution in [1.29, 1.82) is 0 Å². The maximum atomic E-state index is 12.1. The van der Waals surface area contributed by atoms with Gasteiger partial charge in [0.25, 0.3) is 5.22 Å². The Kier molecular flexibility index (Phi) is 5.96. The van der Waals surface area contributed by atoms with Gasteiger partial charge in [-0.05, 0) is 29.8 Å². The molecule has 0 amide bonds. The van der Waals surface area contributed by atoms with E-state index in [9.17, 15) is 13.6 Å². The molecule has 0 aliphatic heterocycles. The highest BCUT2D eigenvalue weighted by molar-refractivity contribution is 7.99. The summed E-state index contributed by atoms with van der Waals surface area (Å²) in [6.07, 6.45) is 0.522. The molecule has 3 aromatic rings. The van der Waals surface area contributed by atoms with Crippen LogP contribution in [0.1, 0.15) is 21.8 Å². The number of thioether (sulfide) groups is 1. The minimum atomic E-state index is -2.89. The fourth-order valence-corrected chi connectivity index (χ4v) is 2.85. The summed E-state index contributed by atoms with van der Waals surface area (Å²) in [6.45, 7) is -2.89. The summed E-state index contributed by atoms with van der Waals surface area (Å²) in [6, 6.07) is 15.2. The number of halogens is 2. The molecular weight excluding hydrogens is 362 g/mol. The van der Waals surface area contributed by atoms with E-state index >= 15 is 0 Å². The average Bonchev–Trinajstić information content (AvgIpc) is 3.08. The number of alkyl halides is 2. The van der Waals surface area contributed by atoms with Gasteiger partial charge in [-0.25, -0.2) is 0 Å². The molecule has 1 aromatic heterocycles. The van der Waals surface area contributed by atoms with Gasteiger partial charge in [0.15, 0.2) is 5.78 Å². The molecule has 3 rings (SSSR count). The van der Waals surface area contributed by atoms with Crippen LogP contribution in [0.5, 0.6) is 5.75 Å². The first-order valence-electron chi connectivity index (χ1n) is 7.67. The third kappa shape index (κ3) is 5.13. The molecule has 0 atom stereocenters. The lowest BCUT2D eigenvalue weighted by Crippen LogP contribution is -2.04. The molecule has 0 fully saturated rings. The molecular formula is C18H14F2N2O3S. The molecule has 0 bridgehead atoms. The summed E-state index contributed by atoms with van der Waals surface area (Å²) in [5.41, 5.74) is 1.44. The standard InChI is InChI=1S/C18H14F2N2O3S/c19-17(20)24-14-8-6-13(7-9-14)15(23)11-26-18-22-21-16(25-18)10-12-4-2-1-3-5-12/h1-9,17H,10-11H2. The molecule has 1 heterocycles. The van der Waals surface area contributed by atoms with E-state index in [1.165, 1.54) is 24.3 Å². The Morgan fingerprint density at radius 1 is 1.08 bits per heavy atom. The van der Waals surface area contributed by atoms with Gasteiger partial charge in [-0.2, -0.15) is 8.78 Å². The number of hydrogen-bond donors (Lipinski definition) is 0. The number of rotatable bonds is 8. The molecule has 0 aliphatic carbocycles. The number of aromatic nitrogens is 2. The number of Topliss-reactive ketones (excluding diaryl/α,β-unsaturated/α-hetero) is 1. The highest BCUT2D eigenvalue weighted by Crippen LogP contribution is 2.20. The van der Waals surface area contributed by atoms with Crippen molar-refractivity contribution in [2.45, 2.75) is 18.3 Å². The van der Waals surface area contributed by atoms with E-state index in [2.05, 4.69) is 14.9 Å². The van der Waals surface area contributed by atoms with E-state index in [0.717, 1.165) is 17.3 Å². The monoisotopic (exact) mass is 376 g/mol. The summed E-state index contributed by atoms with van der Waals surface area (Å²) in [4.78, 5) is 12.1. The van der Waals surface area contributed by atoms with Crippen molar-refractivity contribution in [2.75, 3.05) is 5.75 Å². The zero-order valence-corrected chi connectivity index (χ0v) is 14.3. The Labute approximate surface area is 152 Å². The minimum Gasteiger partial charge on any atom is -0.435 e. The van der Waals surface area contributed by atoms with Gasteiger partial charge in [-0.3, -0.25) is 4.79 Å². The van der Waals surface area contributed by atoms with E-state index in [1.807, 2.05) is 30.3 Å². The fraction of sp³-hybridized carbons (Fsp3) is 0.167. The smallest absolute Gasteiger partial charge is 0.387 e. The zero-order valence-electron chi connectivity index (χ0n) is 13.5. The maximum Gasteiger partial charge on any atom is 0.387 e. The molecule has 2 aromatic carbocycles. The van der Waals surface area contributed by atoms with Crippen LogP contribution in [0.15, 0.2) is 64.2 Å². The van der Waals surface area contributed by atoms with E-state index in [1.54, 1.807) is 0 Å². The van der Waals surface area contributed by atoms with Crippen LogP contribution in [0.25, 0.3) is 0 Å². The maximum absolute atomic E-state index is 12.1. The first kappa shape index (κ1) is 18.1. The third-order valence-electron chi connectivity index (χ3n) is 3.37. The van der Waals surface area contributed by atoms with Gasteiger partial charge in [0.2, 0.25) is 5.89 Å². The molecule has 0 aliphatic rings. The minimum absolute atomic E-state index is 0.00616. The van der Waals surface area contributed by atoms with Crippen LogP contribution in [0, 0.1) is 0 Å². The number of carbonyl (C=O) groups is 1. The molecule has 0 spiro atoms. The third-order valence-corrected chi connectivity index (χ3v) is 4.19. The summed E-state index contributed by atoms with van der Waals surface area (Å²) < 4.78 is 34.0. The van der Waals surface area contributed by atoms with Crippen LogP contribution in [0.2, 0.25) is 0 Å². The molecule has 26 heavy (non-hydrogen) atoms. The Morgan fingerprint density at radius 2 is 1.81 bits per heavy atom. The quantitative estimate of drug-likeness (QED) is 0.433. The normalized spacial score (nSPS) is 10.9. The topological polar surface area (TPSA) is 65.2 Å². The van der Waals surface area contributed by atoms with Gasteiger partial charge in [0, 0.05) is 5.56 Å². The summed E-state index contributed by atoms with van der Waals surface area (Å²) in [5, 5.41) is 8.19. The zero-order chi connectivity index (χ0) is 18.4. The predicted molar refractivity (Wildman–Crippen MR) is 91.7 cm³/mol. The summed E-state index contributed by atoms with van der Waals surface area (Å²) >= 11 is 1.13. The molecule has 0 unspecified atom stereocenters. The van der Waals surface area contributed by atoms with Gasteiger partial charge in [-0.15, -0.1) is 10.2 Å². The number of ketones is 1. The molecule has 5 nitrogen and oxygen atoms in total. The van der Waals surface area contributed by atoms with Crippen LogP contribution in [-0.2, 0) is 6.42 Å². The van der Waals surface area contributed by atoms with Crippen molar-refractivity contribution >= 4 is 17.5 Å². The second kappa shape index (κ2) is 8.57. The first-order valence-corrected chi connectivity index (χ1v) is 8.66. The molecule has 134 valence electrons. The number of ether oxygens (including phenoxy) is 1. The molecule has 0 saturated carbocycles. The lowest BCUT2D eigenvalue weighted by molar-refractivity contribution is -0.0498. The van der Waals surface area contributed by atoms with Gasteiger partial charge in [-0.1, -0.05) is 42.1 Å². The van der Waals surface area contributed by atoms with Gasteiger partial charge < -0.3 is 9.15 Å². The summed E-state index contributed by atoms with van der Waals surface area (Å²) in [7, 11) is 0. The van der Waals surface area contributed by atoms with Crippen molar-refractivity contribution in [3.8, 4) is 5.75 Å². The Balaban J connectivity index is 1.53. The number of hydrogen-bond acceptors (Lipinski definition) is 6.